The molecule has 2 atom stereocenters. The van der Waals surface area contributed by atoms with Gasteiger partial charge < -0.3 is 24.4 Å². The summed E-state index contributed by atoms with van der Waals surface area (Å²) in [5.41, 5.74) is 0.780. The third-order valence-corrected chi connectivity index (χ3v) is 5.71. The Kier molecular flexibility index (Phi) is 5.85. The Bertz CT molecular complexity index is 1020. The van der Waals surface area contributed by atoms with Crippen molar-refractivity contribution >= 4 is 23.5 Å². The minimum absolute atomic E-state index is 0.236. The number of nitrogens with zero attached hydrogens (tertiary/aromatic N) is 3. The number of carbonyl (C=O) groups is 3. The molecule has 0 bridgehead atoms. The first-order chi connectivity index (χ1) is 15.5. The summed E-state index contributed by atoms with van der Waals surface area (Å²) in [7, 11) is 4.41. The summed E-state index contributed by atoms with van der Waals surface area (Å²) in [6.07, 6.45) is 3.96. The molecular formula is C22H24N4O6. The van der Waals surface area contributed by atoms with Crippen molar-refractivity contribution in [3.05, 3.63) is 42.2 Å². The average Bonchev–Trinajstić information content (AvgIpc) is 3.07. The summed E-state index contributed by atoms with van der Waals surface area (Å²) < 4.78 is 16.0. The van der Waals surface area contributed by atoms with E-state index in [1.165, 1.54) is 32.4 Å². The number of amides is 4. The minimum atomic E-state index is -0.658. The highest BCUT2D eigenvalue weighted by Crippen LogP contribution is 2.42. The van der Waals surface area contributed by atoms with Gasteiger partial charge in [0.2, 0.25) is 5.75 Å². The molecule has 0 spiro atoms. The fourth-order valence-corrected chi connectivity index (χ4v) is 4.13. The van der Waals surface area contributed by atoms with Crippen LogP contribution in [0.4, 0.5) is 10.5 Å². The molecular weight excluding hydrogens is 416 g/mol. The zero-order valence-corrected chi connectivity index (χ0v) is 18.0. The number of nitrogens with one attached hydrogen (secondary N) is 1. The highest BCUT2D eigenvalue weighted by Gasteiger charge is 2.49. The van der Waals surface area contributed by atoms with E-state index in [-0.39, 0.29) is 17.9 Å². The summed E-state index contributed by atoms with van der Waals surface area (Å²) in [6.45, 7) is 0.355. The maximum absolute atomic E-state index is 13.2. The number of urea groups is 1. The predicted octanol–water partition coefficient (Wildman–Crippen LogP) is 1.84. The van der Waals surface area contributed by atoms with Gasteiger partial charge in [0.05, 0.1) is 32.6 Å². The number of methoxy groups -OCH3 is 3. The quantitative estimate of drug-likeness (QED) is 0.683. The summed E-state index contributed by atoms with van der Waals surface area (Å²) in [6, 6.07) is 5.19. The molecule has 10 nitrogen and oxygen atoms in total. The van der Waals surface area contributed by atoms with Gasteiger partial charge in [-0.3, -0.25) is 14.6 Å². The van der Waals surface area contributed by atoms with Gasteiger partial charge in [0.1, 0.15) is 6.04 Å². The molecule has 3 heterocycles. The highest BCUT2D eigenvalue weighted by atomic mass is 16.5. The number of fused-ring (bicyclic) bond motifs is 1. The Labute approximate surface area is 185 Å². The molecule has 0 radical (unpaired) electrons. The molecule has 2 saturated heterocycles. The van der Waals surface area contributed by atoms with E-state index in [4.69, 9.17) is 14.2 Å². The fourth-order valence-electron chi connectivity index (χ4n) is 4.13. The lowest BCUT2D eigenvalue weighted by molar-refractivity contribution is -0.120. The Hall–Kier alpha value is -3.82. The van der Waals surface area contributed by atoms with Gasteiger partial charge in [-0.25, -0.2) is 9.69 Å². The van der Waals surface area contributed by atoms with Gasteiger partial charge in [-0.15, -0.1) is 0 Å². The van der Waals surface area contributed by atoms with Crippen LogP contribution in [0.5, 0.6) is 17.2 Å². The second-order valence-corrected chi connectivity index (χ2v) is 7.49. The first-order valence-corrected chi connectivity index (χ1v) is 10.1. The average molecular weight is 440 g/mol. The van der Waals surface area contributed by atoms with Crippen LogP contribution >= 0.6 is 0 Å². The monoisotopic (exact) mass is 440 g/mol. The van der Waals surface area contributed by atoms with E-state index in [2.05, 4.69) is 10.3 Å². The van der Waals surface area contributed by atoms with Crippen LogP contribution in [0.25, 0.3) is 0 Å². The van der Waals surface area contributed by atoms with Crippen molar-refractivity contribution in [1.29, 1.82) is 0 Å². The normalized spacial score (nSPS) is 20.1. The number of piperidine rings is 1. The molecule has 0 saturated carbocycles. The van der Waals surface area contributed by atoms with Gasteiger partial charge in [-0.1, -0.05) is 0 Å². The molecule has 2 aromatic rings. The van der Waals surface area contributed by atoms with Crippen LogP contribution in [0, 0.1) is 0 Å². The number of ether oxygens (including phenoxy) is 3. The molecule has 2 unspecified atom stereocenters. The zero-order chi connectivity index (χ0) is 22.8. The van der Waals surface area contributed by atoms with Gasteiger partial charge >= 0.3 is 6.03 Å². The topological polar surface area (TPSA) is 110 Å². The van der Waals surface area contributed by atoms with Crippen molar-refractivity contribution in [3.8, 4) is 17.2 Å². The maximum atomic E-state index is 13.2. The summed E-state index contributed by atoms with van der Waals surface area (Å²) in [5, 5.41) is 2.95. The number of aromatic nitrogens is 1. The van der Waals surface area contributed by atoms with Crippen molar-refractivity contribution in [1.82, 2.24) is 15.2 Å². The van der Waals surface area contributed by atoms with E-state index in [0.29, 0.717) is 47.9 Å². The van der Waals surface area contributed by atoms with Gasteiger partial charge in [-0.2, -0.15) is 0 Å². The number of rotatable bonds is 6. The van der Waals surface area contributed by atoms with Gasteiger partial charge in [0.25, 0.3) is 11.8 Å². The first-order valence-electron chi connectivity index (χ1n) is 10.1. The number of anilines is 1. The highest BCUT2D eigenvalue weighted by molar-refractivity contribution is 6.21. The molecule has 2 aliphatic rings. The lowest BCUT2D eigenvalue weighted by Crippen LogP contribution is -2.49. The number of hydrogen-bond donors (Lipinski definition) is 1. The fraction of sp³-hybridized carbons (Fsp3) is 0.364. The van der Waals surface area contributed by atoms with Crippen LogP contribution < -0.4 is 24.4 Å². The second kappa shape index (κ2) is 8.74. The van der Waals surface area contributed by atoms with Crippen molar-refractivity contribution < 1.29 is 28.6 Å². The minimum Gasteiger partial charge on any atom is -0.493 e. The largest absolute Gasteiger partial charge is 0.493 e. The summed E-state index contributed by atoms with van der Waals surface area (Å²) in [5.74, 6) is 0.441. The molecule has 1 aromatic heterocycles. The third-order valence-electron chi connectivity index (χ3n) is 5.71. The van der Waals surface area contributed by atoms with Crippen LogP contribution in [0.1, 0.15) is 23.2 Å². The van der Waals surface area contributed by atoms with E-state index >= 15 is 0 Å². The number of hydrogen-bond acceptors (Lipinski definition) is 7. The van der Waals surface area contributed by atoms with Crippen LogP contribution in [0.3, 0.4) is 0 Å². The Morgan fingerprint density at radius 3 is 2.44 bits per heavy atom. The number of pyridine rings is 1. The van der Waals surface area contributed by atoms with Crippen molar-refractivity contribution in [2.24, 2.45) is 0 Å². The van der Waals surface area contributed by atoms with Crippen LogP contribution in [-0.4, -0.2) is 67.7 Å². The number of benzene rings is 1. The van der Waals surface area contributed by atoms with E-state index in [9.17, 15) is 14.4 Å². The molecule has 4 amide bonds. The summed E-state index contributed by atoms with van der Waals surface area (Å²) >= 11 is 0. The van der Waals surface area contributed by atoms with Gasteiger partial charge in [0, 0.05) is 37.1 Å². The Morgan fingerprint density at radius 2 is 1.84 bits per heavy atom. The van der Waals surface area contributed by atoms with Crippen molar-refractivity contribution in [2.75, 3.05) is 32.8 Å². The molecule has 0 aliphatic carbocycles. The van der Waals surface area contributed by atoms with E-state index < -0.39 is 12.1 Å². The smallest absolute Gasteiger partial charge is 0.332 e. The molecule has 32 heavy (non-hydrogen) atoms. The third kappa shape index (κ3) is 3.68. The Morgan fingerprint density at radius 1 is 1.12 bits per heavy atom. The molecule has 2 fully saturated rings. The number of imide groups is 1. The van der Waals surface area contributed by atoms with Gasteiger partial charge in [-0.05, 0) is 25.0 Å². The second-order valence-electron chi connectivity index (χ2n) is 7.49. The number of carbonyl (C=O) groups excluding carboxylic acids is 3. The first kappa shape index (κ1) is 21.4. The van der Waals surface area contributed by atoms with E-state index in [1.54, 1.807) is 30.5 Å². The van der Waals surface area contributed by atoms with Crippen LogP contribution in [0.15, 0.2) is 36.7 Å². The standard InChI is InChI=1S/C22H24N4O6/c1-30-17-10-15(11-18(31-2)19(17)32-3)26-21(28)16-9-14(6-8-25(16)22(26)29)24-20(27)13-5-4-7-23-12-13/h4-5,7,10-12,14,16H,6,8-9H2,1-3H3,(H,24,27). The lowest BCUT2D eigenvalue weighted by Gasteiger charge is -2.32. The molecule has 1 aromatic carbocycles. The molecule has 168 valence electrons. The molecule has 10 heteroatoms. The SMILES string of the molecule is COc1cc(N2C(=O)C3CC(NC(=O)c4cccnc4)CCN3C2=O)cc(OC)c1OC. The molecule has 4 rings (SSSR count). The predicted molar refractivity (Wildman–Crippen MR) is 114 cm³/mol. The van der Waals surface area contributed by atoms with Crippen molar-refractivity contribution in [2.45, 2.75) is 24.9 Å². The molecule has 1 N–H and O–H groups in total. The summed E-state index contributed by atoms with van der Waals surface area (Å²) in [4.78, 5) is 45.4. The Balaban J connectivity index is 1.55. The zero-order valence-electron chi connectivity index (χ0n) is 18.0. The van der Waals surface area contributed by atoms with Crippen LogP contribution in [-0.2, 0) is 4.79 Å². The van der Waals surface area contributed by atoms with Crippen LogP contribution in [0.2, 0.25) is 0 Å². The van der Waals surface area contributed by atoms with E-state index in [1.807, 2.05) is 0 Å². The lowest BCUT2D eigenvalue weighted by atomic mass is 9.97. The maximum Gasteiger partial charge on any atom is 0.332 e. The van der Waals surface area contributed by atoms with Gasteiger partial charge in [0.15, 0.2) is 11.5 Å². The molecule has 2 aliphatic heterocycles. The van der Waals surface area contributed by atoms with E-state index in [0.717, 1.165) is 4.90 Å². The van der Waals surface area contributed by atoms with Crippen molar-refractivity contribution in [3.63, 3.8) is 0 Å².